The van der Waals surface area contributed by atoms with Crippen molar-refractivity contribution >= 4 is 34.4 Å². The molecule has 0 heterocycles. The summed E-state index contributed by atoms with van der Waals surface area (Å²) in [6, 6.07) is 31.0. The molecule has 0 aliphatic heterocycles. The molecule has 0 amide bonds. The molecule has 0 aliphatic carbocycles. The molecule has 3 aromatic rings. The Hall–Kier alpha value is -1.29. The van der Waals surface area contributed by atoms with Crippen molar-refractivity contribution < 1.29 is 17.0 Å². The first-order valence-corrected chi connectivity index (χ1v) is 8.43. The minimum absolute atomic E-state index is 0. The zero-order valence-electron chi connectivity index (χ0n) is 15.7. The Morgan fingerprint density at radius 3 is 1.77 bits per heavy atom. The fraction of sp³-hybridized carbons (Fsp3) is 0.217. The maximum atomic E-state index is 3.41. The van der Waals surface area contributed by atoms with Crippen molar-refractivity contribution in [1.29, 1.82) is 0 Å². The van der Waals surface area contributed by atoms with E-state index in [1.807, 2.05) is 6.07 Å². The van der Waals surface area contributed by atoms with Crippen LogP contribution >= 0.6 is 0 Å². The van der Waals surface area contributed by atoms with E-state index in [9.17, 15) is 0 Å². The van der Waals surface area contributed by atoms with Gasteiger partial charge in [0.15, 0.2) is 0 Å². The Morgan fingerprint density at radius 1 is 0.808 bits per heavy atom. The van der Waals surface area contributed by atoms with E-state index in [1.165, 1.54) is 22.5 Å². The van der Waals surface area contributed by atoms with Gasteiger partial charge in [0.1, 0.15) is 0 Å². The van der Waals surface area contributed by atoms with E-state index in [0.29, 0.717) is 0 Å². The molecule has 130 valence electrons. The van der Waals surface area contributed by atoms with Crippen LogP contribution in [0.2, 0.25) is 0 Å². The van der Waals surface area contributed by atoms with Crippen molar-refractivity contribution in [3.05, 3.63) is 96.1 Å². The minimum atomic E-state index is 0. The molecular weight excluding hydrogens is 394 g/mol. The van der Waals surface area contributed by atoms with E-state index < -0.39 is 0 Å². The van der Waals surface area contributed by atoms with E-state index >= 15 is 0 Å². The number of benzene rings is 3. The molecule has 0 bridgehead atoms. The normalized spacial score (nSPS) is 10.4. The van der Waals surface area contributed by atoms with Gasteiger partial charge in [-0.25, -0.2) is 0 Å². The van der Waals surface area contributed by atoms with Crippen LogP contribution in [-0.4, -0.2) is 23.1 Å². The maximum absolute atomic E-state index is 3.41. The Morgan fingerprint density at radius 2 is 1.31 bits per heavy atom. The summed E-state index contributed by atoms with van der Waals surface area (Å²) in [5.41, 5.74) is 5.08. The average molecular weight is 419 g/mol. The van der Waals surface area contributed by atoms with Gasteiger partial charge in [-0.3, -0.25) is 0 Å². The van der Waals surface area contributed by atoms with Gasteiger partial charge in [0, 0.05) is 17.9 Å². The van der Waals surface area contributed by atoms with Gasteiger partial charge in [-0.15, -0.1) is 5.56 Å². The maximum Gasteiger partial charge on any atom is 2.00 e. The summed E-state index contributed by atoms with van der Waals surface area (Å²) in [7, 11) is 0. The first kappa shape index (κ1) is 22.7. The number of hydrogen-bond acceptors (Lipinski definition) is 1. The van der Waals surface area contributed by atoms with E-state index in [1.54, 1.807) is 0 Å². The second kappa shape index (κ2) is 10.1. The van der Waals surface area contributed by atoms with Gasteiger partial charge < -0.3 is 21.9 Å². The average Bonchev–Trinajstić information content (AvgIpc) is 2.61. The summed E-state index contributed by atoms with van der Waals surface area (Å²) in [5.74, 6) is 0. The first-order chi connectivity index (χ1) is 11.5. The van der Waals surface area contributed by atoms with Crippen LogP contribution in [0.1, 0.15) is 31.9 Å². The van der Waals surface area contributed by atoms with Gasteiger partial charge in [0.05, 0.1) is 0 Å². The second-order valence-electron chi connectivity index (χ2n) is 7.11. The molecule has 0 fully saturated rings. The van der Waals surface area contributed by atoms with E-state index in [-0.39, 0.29) is 45.4 Å². The van der Waals surface area contributed by atoms with E-state index in [2.05, 4.69) is 105 Å². The molecule has 0 saturated carbocycles. The third kappa shape index (κ3) is 5.87. The van der Waals surface area contributed by atoms with Gasteiger partial charge in [-0.2, -0.15) is 29.8 Å². The molecule has 1 nitrogen and oxygen atoms in total. The van der Waals surface area contributed by atoms with Crippen molar-refractivity contribution in [2.75, 3.05) is 4.90 Å². The largest absolute Gasteiger partial charge is 2.00 e. The van der Waals surface area contributed by atoms with Crippen LogP contribution in [0.25, 0.3) is 0 Å². The van der Waals surface area contributed by atoms with Crippen molar-refractivity contribution in [2.45, 2.75) is 32.7 Å². The number of anilines is 2. The Kier molecular flexibility index (Phi) is 8.88. The summed E-state index contributed by atoms with van der Waals surface area (Å²) < 4.78 is 0. The second-order valence-corrected chi connectivity index (χ2v) is 7.11. The number of rotatable bonds is 4. The fourth-order valence-corrected chi connectivity index (χ4v) is 2.79. The van der Waals surface area contributed by atoms with Gasteiger partial charge in [0.25, 0.3) is 0 Å². The van der Waals surface area contributed by atoms with Crippen LogP contribution in [0.5, 0.6) is 0 Å². The number of halogens is 1. The predicted molar refractivity (Wildman–Crippen MR) is 108 cm³/mol. The molecule has 0 radical (unpaired) electrons. The zero-order chi connectivity index (χ0) is 17.0. The van der Waals surface area contributed by atoms with Crippen LogP contribution in [0.15, 0.2) is 78.9 Å². The number of nitrogens with zero attached hydrogens (tertiary/aromatic N) is 1. The van der Waals surface area contributed by atoms with Crippen LogP contribution in [-0.2, 0) is 12.0 Å². The van der Waals surface area contributed by atoms with Crippen LogP contribution in [0.3, 0.4) is 0 Å². The van der Waals surface area contributed by atoms with Gasteiger partial charge in [-0.1, -0.05) is 57.2 Å². The Balaban J connectivity index is 0.00000169. The van der Waals surface area contributed by atoms with E-state index in [0.717, 1.165) is 6.54 Å². The summed E-state index contributed by atoms with van der Waals surface area (Å²) in [4.78, 5) is 2.33. The number of hydrogen-bond donors (Lipinski definition) is 0. The van der Waals surface area contributed by atoms with Gasteiger partial charge >= 0.3 is 23.1 Å². The summed E-state index contributed by atoms with van der Waals surface area (Å²) >= 11 is 0. The summed E-state index contributed by atoms with van der Waals surface area (Å²) in [6.45, 7) is 7.55. The minimum Gasteiger partial charge on any atom is -1.00 e. The molecule has 0 N–H and O–H groups in total. The number of para-hydroxylation sites is 2. The quantitative estimate of drug-likeness (QED) is 0.465. The molecule has 0 spiro atoms. The van der Waals surface area contributed by atoms with E-state index in [4.69, 9.17) is 0 Å². The fourth-order valence-electron chi connectivity index (χ4n) is 2.79. The monoisotopic (exact) mass is 417 g/mol. The molecule has 3 aromatic carbocycles. The molecule has 3 rings (SSSR count). The topological polar surface area (TPSA) is 3.24 Å². The van der Waals surface area contributed by atoms with Crippen LogP contribution < -0.4 is 21.9 Å². The van der Waals surface area contributed by atoms with Crippen molar-refractivity contribution in [1.82, 2.24) is 0 Å². The first-order valence-electron chi connectivity index (χ1n) is 8.43. The molecule has 0 aliphatic rings. The third-order valence-corrected chi connectivity index (χ3v) is 4.19. The summed E-state index contributed by atoms with van der Waals surface area (Å²) in [5, 5.41) is 0. The van der Waals surface area contributed by atoms with Gasteiger partial charge in [0.2, 0.25) is 0 Å². The molecule has 0 atom stereocenters. The SMILES string of the molecule is CC(C)(C)c1cc[c-]c(CN(c2ccccc2)c2ccccc2)c1.[Br-].[Mg+2]. The molecule has 26 heavy (non-hydrogen) atoms. The van der Waals surface area contributed by atoms with Crippen molar-refractivity contribution in [2.24, 2.45) is 0 Å². The molecule has 0 saturated heterocycles. The van der Waals surface area contributed by atoms with Crippen molar-refractivity contribution in [3.63, 3.8) is 0 Å². The zero-order valence-corrected chi connectivity index (χ0v) is 18.7. The Bertz CT molecular complexity index is 743. The molecule has 3 heteroatoms. The smallest absolute Gasteiger partial charge is 1.00 e. The molecule has 0 aromatic heterocycles. The van der Waals surface area contributed by atoms with Crippen LogP contribution in [0, 0.1) is 6.07 Å². The molecule has 0 unspecified atom stereocenters. The van der Waals surface area contributed by atoms with Gasteiger partial charge in [-0.05, 0) is 29.7 Å². The van der Waals surface area contributed by atoms with Crippen molar-refractivity contribution in [3.8, 4) is 0 Å². The predicted octanol–water partition coefficient (Wildman–Crippen LogP) is 2.75. The standard InChI is InChI=1S/C23H24N.BrH.Mg/c1-23(2,3)20-12-10-11-19(17-20)18-24(21-13-6-4-7-14-21)22-15-8-5-9-16-22;;/h4-10,12-17H,18H2,1-3H3;1H;/q-1;;+2/p-1. The molecular formula is C23H24BrMgN. The third-order valence-electron chi connectivity index (χ3n) is 4.19. The summed E-state index contributed by atoms with van der Waals surface area (Å²) in [6.07, 6.45) is 0. The van der Waals surface area contributed by atoms with Crippen LogP contribution in [0.4, 0.5) is 11.4 Å². The Labute approximate surface area is 184 Å².